The molecule has 1 aliphatic heterocycles. The third kappa shape index (κ3) is 5.69. The lowest BCUT2D eigenvalue weighted by atomic mass is 10.1. The molecule has 1 aromatic heterocycles. The lowest BCUT2D eigenvalue weighted by Crippen LogP contribution is -2.17. The fraction of sp³-hybridized carbons (Fsp3) is 0.227. The molecule has 0 atom stereocenters. The summed E-state index contributed by atoms with van der Waals surface area (Å²) >= 11 is 1.28. The number of sulfonamides is 1. The van der Waals surface area contributed by atoms with Gasteiger partial charge in [-0.15, -0.1) is 0 Å². The number of thiazole rings is 1. The average molecular weight is 504 g/mol. The molecule has 1 amide bonds. The Hall–Kier alpha value is -3.51. The number of phenolic OH excluding ortho intramolecular Hbond substituents is 1. The van der Waals surface area contributed by atoms with E-state index in [0.717, 1.165) is 47.8 Å². The fourth-order valence-corrected chi connectivity index (χ4v) is 4.56. The van der Waals surface area contributed by atoms with E-state index in [1.165, 1.54) is 30.2 Å². The minimum atomic E-state index is -3.62. The standard InChI is InChI=1S/C22H22FN5O4S2/c1-34(31,32)27-25-12-16-9-15(11-18(23)20(16)29)21(30)26-22-24-13-19(33-22)14-5-4-6-17(10-14)28-7-2-3-8-28/h4-6,9-13,27,29H,2-3,7-8H2,1H3,(H,24,26,30). The van der Waals surface area contributed by atoms with Gasteiger partial charge < -0.3 is 10.0 Å². The van der Waals surface area contributed by atoms with Crippen molar-refractivity contribution in [3.63, 3.8) is 0 Å². The first-order valence-electron chi connectivity index (χ1n) is 10.3. The van der Waals surface area contributed by atoms with Gasteiger partial charge >= 0.3 is 0 Å². The van der Waals surface area contributed by atoms with E-state index in [9.17, 15) is 22.7 Å². The molecule has 0 radical (unpaired) electrons. The molecule has 3 aromatic rings. The Morgan fingerprint density at radius 1 is 1.26 bits per heavy atom. The van der Waals surface area contributed by atoms with Crippen LogP contribution in [0.1, 0.15) is 28.8 Å². The van der Waals surface area contributed by atoms with Crippen LogP contribution < -0.4 is 15.0 Å². The number of hydrogen-bond acceptors (Lipinski definition) is 8. The largest absolute Gasteiger partial charge is 0.504 e. The van der Waals surface area contributed by atoms with Crippen LogP contribution in [-0.4, -0.2) is 50.0 Å². The summed E-state index contributed by atoms with van der Waals surface area (Å²) in [5.41, 5.74) is 1.87. The van der Waals surface area contributed by atoms with E-state index in [1.807, 2.05) is 17.0 Å². The summed E-state index contributed by atoms with van der Waals surface area (Å²) in [4.78, 5) is 22.0. The zero-order valence-corrected chi connectivity index (χ0v) is 19.8. The first-order valence-corrected chi connectivity index (χ1v) is 13.1. The molecule has 0 unspecified atom stereocenters. The minimum Gasteiger partial charge on any atom is -0.504 e. The second-order valence-corrected chi connectivity index (χ2v) is 10.5. The maximum atomic E-state index is 14.1. The van der Waals surface area contributed by atoms with Gasteiger partial charge in [-0.1, -0.05) is 23.5 Å². The molecule has 0 bridgehead atoms. The number of aromatic nitrogens is 1. The second kappa shape index (κ2) is 9.77. The molecular formula is C22H22FN5O4S2. The minimum absolute atomic E-state index is 0.0936. The van der Waals surface area contributed by atoms with Gasteiger partial charge in [0.25, 0.3) is 5.91 Å². The number of halogens is 1. The van der Waals surface area contributed by atoms with Crippen LogP contribution in [0.5, 0.6) is 5.75 Å². The highest BCUT2D eigenvalue weighted by atomic mass is 32.2. The number of anilines is 2. The number of amides is 1. The third-order valence-corrected chi connectivity index (χ3v) is 6.50. The maximum Gasteiger partial charge on any atom is 0.257 e. The second-order valence-electron chi connectivity index (χ2n) is 7.75. The SMILES string of the molecule is CS(=O)(=O)NN=Cc1cc(C(=O)Nc2ncc(-c3cccc(N4CCCC4)c3)s2)cc(F)c1O. The molecule has 2 aromatic carbocycles. The summed E-state index contributed by atoms with van der Waals surface area (Å²) in [6, 6.07) is 10.2. The van der Waals surface area contributed by atoms with Crippen LogP contribution in [0.2, 0.25) is 0 Å². The quantitative estimate of drug-likeness (QED) is 0.335. The van der Waals surface area contributed by atoms with Crippen molar-refractivity contribution in [2.24, 2.45) is 5.10 Å². The maximum absolute atomic E-state index is 14.1. The number of aromatic hydroxyl groups is 1. The van der Waals surface area contributed by atoms with E-state index < -0.39 is 27.5 Å². The van der Waals surface area contributed by atoms with Gasteiger partial charge in [-0.25, -0.2) is 22.6 Å². The van der Waals surface area contributed by atoms with E-state index in [0.29, 0.717) is 5.13 Å². The van der Waals surface area contributed by atoms with Gasteiger partial charge in [0.05, 0.1) is 17.3 Å². The number of hydrazone groups is 1. The van der Waals surface area contributed by atoms with Crippen molar-refractivity contribution < 1.29 is 22.7 Å². The molecule has 0 saturated carbocycles. The Kier molecular flexibility index (Phi) is 6.80. The number of carbonyl (C=O) groups is 1. The number of nitrogens with one attached hydrogen (secondary N) is 2. The van der Waals surface area contributed by atoms with Gasteiger partial charge in [-0.05, 0) is 42.7 Å². The highest BCUT2D eigenvalue weighted by molar-refractivity contribution is 7.88. The Morgan fingerprint density at radius 3 is 2.76 bits per heavy atom. The van der Waals surface area contributed by atoms with Crippen LogP contribution in [0.3, 0.4) is 0 Å². The first-order chi connectivity index (χ1) is 16.2. The molecule has 3 N–H and O–H groups in total. The number of rotatable bonds is 7. The Balaban J connectivity index is 1.50. The van der Waals surface area contributed by atoms with Crippen molar-refractivity contribution in [1.29, 1.82) is 0 Å². The van der Waals surface area contributed by atoms with Crippen LogP contribution in [0, 0.1) is 5.82 Å². The smallest absolute Gasteiger partial charge is 0.257 e. The van der Waals surface area contributed by atoms with Gasteiger partial charge in [0, 0.05) is 36.1 Å². The van der Waals surface area contributed by atoms with E-state index >= 15 is 0 Å². The highest BCUT2D eigenvalue weighted by Gasteiger charge is 2.17. The van der Waals surface area contributed by atoms with Crippen LogP contribution >= 0.6 is 11.3 Å². The molecule has 9 nitrogen and oxygen atoms in total. The zero-order chi connectivity index (χ0) is 24.3. The molecule has 2 heterocycles. The van der Waals surface area contributed by atoms with Crippen LogP contribution in [0.15, 0.2) is 47.7 Å². The van der Waals surface area contributed by atoms with Gasteiger partial charge in [0.1, 0.15) is 0 Å². The van der Waals surface area contributed by atoms with Gasteiger partial charge in [0.2, 0.25) is 10.0 Å². The number of hydrogen-bond donors (Lipinski definition) is 3. The van der Waals surface area contributed by atoms with Crippen molar-refractivity contribution in [3.8, 4) is 16.2 Å². The fourth-order valence-electron chi connectivity index (χ4n) is 3.51. The number of benzene rings is 2. The molecular weight excluding hydrogens is 481 g/mol. The van der Waals surface area contributed by atoms with Gasteiger partial charge in [-0.2, -0.15) is 5.10 Å². The molecule has 178 valence electrons. The molecule has 0 spiro atoms. The van der Waals surface area contributed by atoms with Crippen molar-refractivity contribution in [2.75, 3.05) is 29.6 Å². The number of nitrogens with zero attached hydrogens (tertiary/aromatic N) is 3. The summed E-state index contributed by atoms with van der Waals surface area (Å²) in [5.74, 6) is -2.45. The van der Waals surface area contributed by atoms with Crippen molar-refractivity contribution in [2.45, 2.75) is 12.8 Å². The van der Waals surface area contributed by atoms with Crippen LogP contribution in [0.4, 0.5) is 15.2 Å². The van der Waals surface area contributed by atoms with Crippen LogP contribution in [-0.2, 0) is 10.0 Å². The van der Waals surface area contributed by atoms with Crippen molar-refractivity contribution in [3.05, 3.63) is 59.5 Å². The number of phenols is 1. The predicted octanol–water partition coefficient (Wildman–Crippen LogP) is 3.39. The normalized spacial score (nSPS) is 14.0. The molecule has 1 saturated heterocycles. The first kappa shape index (κ1) is 23.6. The molecule has 34 heavy (non-hydrogen) atoms. The van der Waals surface area contributed by atoms with Crippen molar-refractivity contribution >= 4 is 44.3 Å². The van der Waals surface area contributed by atoms with E-state index in [2.05, 4.69) is 32.4 Å². The average Bonchev–Trinajstić information content (AvgIpc) is 3.48. The van der Waals surface area contributed by atoms with E-state index in [4.69, 9.17) is 0 Å². The predicted molar refractivity (Wildman–Crippen MR) is 131 cm³/mol. The highest BCUT2D eigenvalue weighted by Crippen LogP contribution is 2.32. The molecule has 1 aliphatic rings. The van der Waals surface area contributed by atoms with Crippen LogP contribution in [0.25, 0.3) is 10.4 Å². The number of carbonyl (C=O) groups excluding carboxylic acids is 1. The summed E-state index contributed by atoms with van der Waals surface area (Å²) in [6.45, 7) is 2.07. The van der Waals surface area contributed by atoms with E-state index in [-0.39, 0.29) is 11.1 Å². The Bertz CT molecular complexity index is 1350. The van der Waals surface area contributed by atoms with Crippen molar-refractivity contribution in [1.82, 2.24) is 9.82 Å². The third-order valence-electron chi connectivity index (χ3n) is 5.11. The van der Waals surface area contributed by atoms with E-state index in [1.54, 1.807) is 6.20 Å². The summed E-state index contributed by atoms with van der Waals surface area (Å²) in [6.07, 6.45) is 5.82. The molecule has 4 rings (SSSR count). The summed E-state index contributed by atoms with van der Waals surface area (Å²) in [7, 11) is -3.62. The molecule has 12 heteroatoms. The van der Waals surface area contributed by atoms with Gasteiger partial charge in [0.15, 0.2) is 16.7 Å². The topological polar surface area (TPSA) is 124 Å². The molecule has 1 fully saturated rings. The monoisotopic (exact) mass is 503 g/mol. The lowest BCUT2D eigenvalue weighted by Gasteiger charge is -2.18. The Labute approximate surface area is 200 Å². The zero-order valence-electron chi connectivity index (χ0n) is 18.2. The summed E-state index contributed by atoms with van der Waals surface area (Å²) < 4.78 is 36.4. The Morgan fingerprint density at radius 2 is 2.03 bits per heavy atom. The lowest BCUT2D eigenvalue weighted by molar-refractivity contribution is 0.102. The summed E-state index contributed by atoms with van der Waals surface area (Å²) in [5, 5.41) is 16.3. The molecule has 0 aliphatic carbocycles. The van der Waals surface area contributed by atoms with Gasteiger partial charge in [-0.3, -0.25) is 10.1 Å².